The van der Waals surface area contributed by atoms with E-state index in [1.807, 2.05) is 18.2 Å². The summed E-state index contributed by atoms with van der Waals surface area (Å²) in [7, 11) is -5.18. The van der Waals surface area contributed by atoms with Gasteiger partial charge in [-0.25, -0.2) is 8.42 Å². The summed E-state index contributed by atoms with van der Waals surface area (Å²) in [6, 6.07) is 17.9. The van der Waals surface area contributed by atoms with Gasteiger partial charge in [-0.1, -0.05) is 91.7 Å². The Kier molecular flexibility index (Phi) is 10.8. The molecule has 1 atom stereocenters. The van der Waals surface area contributed by atoms with Gasteiger partial charge in [0, 0.05) is 24.1 Å². The lowest BCUT2D eigenvalue weighted by Gasteiger charge is -2.37. The molecule has 2 aromatic rings. The van der Waals surface area contributed by atoms with Crippen LogP contribution in [0.3, 0.4) is 0 Å². The fraction of sp³-hybridized carbons (Fsp3) is 0.500. The monoisotopic (exact) mass is 564 g/mol. The Bertz CT molecular complexity index is 1020. The van der Waals surface area contributed by atoms with E-state index in [1.54, 1.807) is 12.1 Å². The third-order valence-corrected chi connectivity index (χ3v) is 13.0. The normalized spacial score (nSPS) is 14.3. The third-order valence-electron chi connectivity index (χ3n) is 6.81. The average Bonchev–Trinajstić information content (AvgIpc) is 2.77. The Morgan fingerprint density at radius 2 is 1.62 bits per heavy atom. The van der Waals surface area contributed by atoms with Crippen LogP contribution in [0.2, 0.25) is 18.1 Å². The first-order chi connectivity index (χ1) is 15.9. The number of sulfone groups is 1. The Morgan fingerprint density at radius 1 is 1.00 bits per heavy atom. The van der Waals surface area contributed by atoms with Crippen LogP contribution >= 0.6 is 15.9 Å². The number of alkyl halides is 1. The number of halogens is 1. The fourth-order valence-electron chi connectivity index (χ4n) is 3.59. The molecular weight excluding hydrogens is 524 g/mol. The minimum atomic E-state index is -3.23. The van der Waals surface area contributed by atoms with Crippen molar-refractivity contribution in [2.45, 2.75) is 75.4 Å². The van der Waals surface area contributed by atoms with Crippen LogP contribution < -0.4 is 0 Å². The summed E-state index contributed by atoms with van der Waals surface area (Å²) in [4.78, 5) is 0.349. The molecule has 3 nitrogen and oxygen atoms in total. The molecule has 0 aliphatic rings. The molecule has 0 radical (unpaired) electrons. The smallest absolute Gasteiger partial charge is 0.192 e. The molecule has 0 aliphatic carbocycles. The molecule has 0 saturated carbocycles. The van der Waals surface area contributed by atoms with Crippen molar-refractivity contribution in [3.63, 3.8) is 0 Å². The second-order valence-electron chi connectivity index (χ2n) is 10.5. The van der Waals surface area contributed by atoms with Crippen LogP contribution in [-0.2, 0) is 14.3 Å². The van der Waals surface area contributed by atoms with Gasteiger partial charge in [-0.05, 0) is 66.2 Å². The van der Waals surface area contributed by atoms with Gasteiger partial charge < -0.3 is 4.43 Å². The van der Waals surface area contributed by atoms with Crippen molar-refractivity contribution in [1.29, 1.82) is 0 Å². The molecule has 0 N–H and O–H groups in total. The van der Waals surface area contributed by atoms with Crippen molar-refractivity contribution < 1.29 is 12.8 Å². The van der Waals surface area contributed by atoms with Gasteiger partial charge in [-0.15, -0.1) is 0 Å². The SMILES string of the molecule is CC(C)(C)[Si](C)(C)OCC(/C(=C/CCCCCBr)c1ccc(S(C)(=O)=O)cc1)c1ccccc1. The van der Waals surface area contributed by atoms with E-state index >= 15 is 0 Å². The third kappa shape index (κ3) is 8.47. The zero-order valence-electron chi connectivity index (χ0n) is 21.6. The van der Waals surface area contributed by atoms with Crippen LogP contribution in [0.1, 0.15) is 63.5 Å². The lowest BCUT2D eigenvalue weighted by atomic mass is 9.86. The predicted octanol–water partition coefficient (Wildman–Crippen LogP) is 8.23. The molecule has 0 amide bonds. The standard InChI is InChI=1S/C28H41BrO3SSi/c1-28(2,3)34(5,6)32-22-27(23-14-10-9-11-15-23)26(16-12-7-8-13-21-29)24-17-19-25(20-18-24)33(4,30)31/h9-11,14-20,27H,7-8,12-13,21-22H2,1-6H3/b26-16+. The molecule has 6 heteroatoms. The molecule has 188 valence electrons. The van der Waals surface area contributed by atoms with E-state index in [0.29, 0.717) is 11.5 Å². The summed E-state index contributed by atoms with van der Waals surface area (Å²) in [5, 5.41) is 1.16. The molecule has 34 heavy (non-hydrogen) atoms. The van der Waals surface area contributed by atoms with Crippen molar-refractivity contribution in [3.05, 3.63) is 71.8 Å². The van der Waals surface area contributed by atoms with Gasteiger partial charge in [-0.3, -0.25) is 0 Å². The van der Waals surface area contributed by atoms with E-state index in [9.17, 15) is 8.42 Å². The number of unbranched alkanes of at least 4 members (excludes halogenated alkanes) is 3. The fourth-order valence-corrected chi connectivity index (χ4v) is 5.63. The van der Waals surface area contributed by atoms with Crippen LogP contribution in [0.25, 0.3) is 5.57 Å². The minimum absolute atomic E-state index is 0.0792. The van der Waals surface area contributed by atoms with Gasteiger partial charge in [0.25, 0.3) is 0 Å². The largest absolute Gasteiger partial charge is 0.416 e. The highest BCUT2D eigenvalue weighted by Crippen LogP contribution is 2.40. The lowest BCUT2D eigenvalue weighted by molar-refractivity contribution is 0.280. The Morgan fingerprint density at radius 3 is 2.15 bits per heavy atom. The molecule has 0 spiro atoms. The first-order valence-corrected chi connectivity index (χ1v) is 18.0. The molecule has 0 heterocycles. The van der Waals surface area contributed by atoms with Gasteiger partial charge in [0.2, 0.25) is 0 Å². The Labute approximate surface area is 217 Å². The maximum atomic E-state index is 12.0. The maximum absolute atomic E-state index is 12.0. The molecule has 2 aromatic carbocycles. The summed E-state index contributed by atoms with van der Waals surface area (Å²) in [5.74, 6) is 0.0792. The first-order valence-electron chi connectivity index (χ1n) is 12.1. The molecule has 0 aliphatic heterocycles. The Balaban J connectivity index is 2.48. The molecule has 0 bridgehead atoms. The van der Waals surface area contributed by atoms with E-state index in [0.717, 1.165) is 23.7 Å². The molecular formula is C28H41BrO3SSi. The van der Waals surface area contributed by atoms with Gasteiger partial charge in [0.15, 0.2) is 18.2 Å². The van der Waals surface area contributed by atoms with Crippen molar-refractivity contribution in [3.8, 4) is 0 Å². The number of hydrogen-bond acceptors (Lipinski definition) is 3. The minimum Gasteiger partial charge on any atom is -0.416 e. The quantitative estimate of drug-likeness (QED) is 0.148. The molecule has 1 unspecified atom stereocenters. The molecule has 0 aromatic heterocycles. The van der Waals surface area contributed by atoms with Crippen molar-refractivity contribution in [1.82, 2.24) is 0 Å². The van der Waals surface area contributed by atoms with Crippen LogP contribution in [0, 0.1) is 0 Å². The van der Waals surface area contributed by atoms with Crippen LogP contribution in [0.4, 0.5) is 0 Å². The van der Waals surface area contributed by atoms with Crippen molar-refractivity contribution >= 4 is 39.7 Å². The number of rotatable bonds is 12. The van der Waals surface area contributed by atoms with E-state index in [2.05, 4.69) is 80.1 Å². The summed E-state index contributed by atoms with van der Waals surface area (Å²) >= 11 is 3.52. The van der Waals surface area contributed by atoms with Crippen LogP contribution in [0.15, 0.2) is 65.6 Å². The zero-order chi connectivity index (χ0) is 25.4. The van der Waals surface area contributed by atoms with E-state index < -0.39 is 18.2 Å². The van der Waals surface area contributed by atoms with Crippen molar-refractivity contribution in [2.75, 3.05) is 18.2 Å². The predicted molar refractivity (Wildman–Crippen MR) is 152 cm³/mol. The van der Waals surface area contributed by atoms with E-state index in [1.165, 1.54) is 30.2 Å². The first kappa shape index (κ1) is 29.0. The second kappa shape index (κ2) is 12.7. The number of benzene rings is 2. The van der Waals surface area contributed by atoms with Crippen molar-refractivity contribution in [2.24, 2.45) is 0 Å². The summed E-state index contributed by atoms with van der Waals surface area (Å²) in [5.41, 5.74) is 3.49. The molecule has 0 fully saturated rings. The summed E-state index contributed by atoms with van der Waals surface area (Å²) in [6.07, 6.45) is 8.06. The zero-order valence-corrected chi connectivity index (χ0v) is 25.0. The van der Waals surface area contributed by atoms with Gasteiger partial charge in [0.1, 0.15) is 0 Å². The van der Waals surface area contributed by atoms with Gasteiger partial charge in [0.05, 0.1) is 4.90 Å². The number of allylic oxidation sites excluding steroid dienone is 1. The average molecular weight is 566 g/mol. The highest BCUT2D eigenvalue weighted by molar-refractivity contribution is 9.09. The summed E-state index contributed by atoms with van der Waals surface area (Å²) in [6.45, 7) is 12.0. The lowest BCUT2D eigenvalue weighted by Crippen LogP contribution is -2.41. The van der Waals surface area contributed by atoms with E-state index in [4.69, 9.17) is 4.43 Å². The second-order valence-corrected chi connectivity index (χ2v) is 18.1. The van der Waals surface area contributed by atoms with Gasteiger partial charge in [-0.2, -0.15) is 0 Å². The van der Waals surface area contributed by atoms with Gasteiger partial charge >= 0.3 is 0 Å². The molecule has 0 saturated heterocycles. The Hall–Kier alpha value is -1.21. The summed E-state index contributed by atoms with van der Waals surface area (Å²) < 4.78 is 30.8. The highest BCUT2D eigenvalue weighted by atomic mass is 79.9. The van der Waals surface area contributed by atoms with Crippen LogP contribution in [0.5, 0.6) is 0 Å². The van der Waals surface area contributed by atoms with E-state index in [-0.39, 0.29) is 11.0 Å². The topological polar surface area (TPSA) is 43.4 Å². The number of hydrogen-bond donors (Lipinski definition) is 0. The highest BCUT2D eigenvalue weighted by Gasteiger charge is 2.38. The molecule has 2 rings (SSSR count). The van der Waals surface area contributed by atoms with Crippen LogP contribution in [-0.4, -0.2) is 34.9 Å². The maximum Gasteiger partial charge on any atom is 0.192 e.